The lowest BCUT2D eigenvalue weighted by molar-refractivity contribution is -0.187. The Balaban J connectivity index is 0.000000596. The maximum atomic E-state index is 14.7. The van der Waals surface area contributed by atoms with Crippen molar-refractivity contribution in [3.05, 3.63) is 108 Å². The van der Waals surface area contributed by atoms with Crippen LogP contribution in [-0.2, 0) is 54.1 Å². The average Bonchev–Trinajstić information content (AvgIpc) is 4.06. The molecule has 1 heterocycles. The number of aliphatic hydroxyl groups excluding tert-OH is 1. The molecular weight excluding hydrogens is 903 g/mol. The second kappa shape index (κ2) is 30.0. The second-order valence-electron chi connectivity index (χ2n) is 17.8. The van der Waals surface area contributed by atoms with E-state index in [1.807, 2.05) is 51.1 Å². The number of Topliss-reactive ketones (excluding diaryl/α,β-unsaturated/α-hetero) is 1. The van der Waals surface area contributed by atoms with Crippen molar-refractivity contribution < 1.29 is 72.9 Å². The molecule has 2 aromatic carbocycles. The van der Waals surface area contributed by atoms with Crippen molar-refractivity contribution in [2.45, 2.75) is 137 Å². The Morgan fingerprint density at radius 3 is 1.93 bits per heavy atom. The number of unbranched alkanes of at least 4 members (excludes halogenated alkanes) is 1. The van der Waals surface area contributed by atoms with E-state index in [0.29, 0.717) is 50.0 Å². The van der Waals surface area contributed by atoms with Crippen LogP contribution >= 0.6 is 0 Å². The Kier molecular flexibility index (Phi) is 26.7. The number of benzene rings is 2. The minimum absolute atomic E-state index is 0.0347. The van der Waals surface area contributed by atoms with Crippen LogP contribution < -0.4 is 5.32 Å². The number of esters is 1. The summed E-state index contributed by atoms with van der Waals surface area (Å²) in [7, 11) is 2.55. The summed E-state index contributed by atoms with van der Waals surface area (Å²) in [6.45, 7) is 22.9. The van der Waals surface area contributed by atoms with Gasteiger partial charge < -0.3 is 49.5 Å². The van der Waals surface area contributed by atoms with Gasteiger partial charge in [-0.25, -0.2) is 4.79 Å². The molecule has 3 aliphatic carbocycles. The number of ether oxygens (including phenoxy) is 4. The summed E-state index contributed by atoms with van der Waals surface area (Å²) < 4.78 is 25.2. The molecule has 2 bridgehead atoms. The van der Waals surface area contributed by atoms with Crippen LogP contribution in [0.15, 0.2) is 96.6 Å². The van der Waals surface area contributed by atoms with Crippen molar-refractivity contribution in [2.24, 2.45) is 22.7 Å². The largest absolute Gasteiger partial charge is 0.481 e. The average molecular weight is 980 g/mol. The van der Waals surface area contributed by atoms with Gasteiger partial charge >= 0.3 is 23.9 Å². The summed E-state index contributed by atoms with van der Waals surface area (Å²) in [6.07, 6.45) is 4.69. The molecule has 4 aliphatic rings. The number of carboxylic acids is 3. The maximum Gasteiger partial charge on any atom is 0.335 e. The first-order valence-corrected chi connectivity index (χ1v) is 23.5. The quantitative estimate of drug-likeness (QED) is 0.0217. The number of hydrogen-bond acceptors (Lipinski definition) is 12. The molecule has 70 heavy (non-hydrogen) atoms. The number of hydrogen-bond donors (Lipinski definition) is 5. The van der Waals surface area contributed by atoms with Crippen LogP contribution in [0.2, 0.25) is 0 Å². The predicted molar refractivity (Wildman–Crippen MR) is 265 cm³/mol. The van der Waals surface area contributed by atoms with Crippen LogP contribution in [0.25, 0.3) is 0 Å². The van der Waals surface area contributed by atoms with Crippen molar-refractivity contribution in [3.63, 3.8) is 0 Å². The molecule has 388 valence electrons. The molecule has 2 aromatic rings. The Morgan fingerprint density at radius 1 is 0.914 bits per heavy atom. The predicted octanol–water partition coefficient (Wildman–Crippen LogP) is 7.86. The Labute approximate surface area is 413 Å². The number of rotatable bonds is 15. The topological polar surface area (TPSA) is 253 Å². The smallest absolute Gasteiger partial charge is 0.335 e. The third kappa shape index (κ3) is 16.7. The van der Waals surface area contributed by atoms with Gasteiger partial charge in [-0.3, -0.25) is 24.0 Å². The number of aliphatic carboxylic acids is 2. The third-order valence-corrected chi connectivity index (χ3v) is 13.1. The summed E-state index contributed by atoms with van der Waals surface area (Å²) in [6, 6.07) is 17.9. The highest BCUT2D eigenvalue weighted by Crippen LogP contribution is 2.69. The number of aliphatic hydroxyl groups is 1. The fourth-order valence-electron chi connectivity index (χ4n) is 9.67. The standard InChI is InChI=1S/C29H44O8.C9H10O2.C7H6O2.C6H9NO.C2H4O.CH4O/c1-8-34-19-15-20(35-14-10-9-11-21(31)32)28(7)23(17(19)3)26-29(37-26)13-12-16(2)22(27(29,5)6)24(25(28)33)36-18(4)30;10-9(11)7-6-8-4-2-1-3-5-8;8-7(9)6-4-2-1-3-5-6;1-4-5(2)6(8)7-3;1-2-3;1-2/h17,19-20,23-24,26H,8-15H2,1-7H3,(H,31,32);1-5H,6-7H2,(H,10,11);1-5H,(H,8,9);4H,1-2H2,3H3,(H,7,8);2H,1H3;2H,1H3/t17?,19?,20?,23?,24?,26-,28?,29?;;;;;/m0...../s1. The van der Waals surface area contributed by atoms with Crippen LogP contribution in [0.3, 0.4) is 0 Å². The maximum absolute atomic E-state index is 14.7. The molecular formula is C54H77NO15. The number of nitrogens with one attached hydrogen (secondary N) is 1. The van der Waals surface area contributed by atoms with Gasteiger partial charge in [-0.2, -0.15) is 0 Å². The highest BCUT2D eigenvalue weighted by Gasteiger charge is 2.77. The van der Waals surface area contributed by atoms with Crippen molar-refractivity contribution in [1.29, 1.82) is 0 Å². The van der Waals surface area contributed by atoms with Gasteiger partial charge in [0.05, 0.1) is 29.3 Å². The van der Waals surface area contributed by atoms with Gasteiger partial charge in [0.2, 0.25) is 5.91 Å². The Morgan fingerprint density at radius 2 is 1.47 bits per heavy atom. The Hall–Kier alpha value is -5.81. The summed E-state index contributed by atoms with van der Waals surface area (Å²) in [4.78, 5) is 77.6. The lowest BCUT2D eigenvalue weighted by Crippen LogP contribution is -2.65. The van der Waals surface area contributed by atoms with E-state index in [1.54, 1.807) is 37.4 Å². The molecule has 16 heteroatoms. The van der Waals surface area contributed by atoms with Crippen LogP contribution in [0.5, 0.6) is 0 Å². The van der Waals surface area contributed by atoms with Crippen LogP contribution in [0.1, 0.15) is 116 Å². The number of allylic oxidation sites excluding steroid dienone is 1. The number of carbonyl (C=O) groups is 7. The summed E-state index contributed by atoms with van der Waals surface area (Å²) in [5.41, 5.74) is 1.91. The van der Waals surface area contributed by atoms with Gasteiger partial charge in [0, 0.05) is 70.5 Å². The van der Waals surface area contributed by atoms with Crippen LogP contribution in [0.4, 0.5) is 0 Å². The zero-order chi connectivity index (χ0) is 53.4. The van der Waals surface area contributed by atoms with Crippen molar-refractivity contribution in [3.8, 4) is 0 Å². The molecule has 0 radical (unpaired) electrons. The van der Waals surface area contributed by atoms with E-state index in [2.05, 4.69) is 39.2 Å². The molecule has 0 aromatic heterocycles. The number of fused-ring (bicyclic) bond motifs is 3. The first-order valence-electron chi connectivity index (χ1n) is 23.5. The van der Waals surface area contributed by atoms with Crippen LogP contribution in [-0.4, -0.2) is 120 Å². The summed E-state index contributed by atoms with van der Waals surface area (Å²) >= 11 is 0. The van der Waals surface area contributed by atoms with Gasteiger partial charge in [0.25, 0.3) is 0 Å². The number of carbonyl (C=O) groups excluding carboxylic acids is 4. The molecule has 16 nitrogen and oxygen atoms in total. The molecule has 1 saturated heterocycles. The van der Waals surface area contributed by atoms with E-state index in [9.17, 15) is 28.8 Å². The van der Waals surface area contributed by atoms with Gasteiger partial charge in [0.1, 0.15) is 11.9 Å². The molecule has 8 atom stereocenters. The number of amides is 1. The third-order valence-electron chi connectivity index (χ3n) is 13.1. The van der Waals surface area contributed by atoms with E-state index in [-0.39, 0.29) is 48.6 Å². The fraction of sp³-hybridized carbons (Fsp3) is 0.537. The summed E-state index contributed by atoms with van der Waals surface area (Å²) in [5, 5.41) is 35.2. The SMILES string of the molecule is C=CC(=C)C(=O)NC.CC=O.CCOC1CC(OCCCCC(=O)O)C2(C)C(=O)C(OC(C)=O)C3=C(C)CCC4(O[C@H]4C2C1C)C3(C)C.CO.O=C(O)CCc1ccccc1.O=C(O)c1ccccc1. The number of likely N-dealkylation sites (N-methyl/N-ethyl adjacent to an activating group) is 1. The van der Waals surface area contributed by atoms with E-state index >= 15 is 0 Å². The first kappa shape index (κ1) is 62.2. The highest BCUT2D eigenvalue weighted by molar-refractivity contribution is 5.95. The van der Waals surface area contributed by atoms with Gasteiger partial charge in [0.15, 0.2) is 11.9 Å². The van der Waals surface area contributed by atoms with Crippen molar-refractivity contribution >= 4 is 41.9 Å². The van der Waals surface area contributed by atoms with Gasteiger partial charge in [-0.1, -0.05) is 94.1 Å². The molecule has 1 aliphatic heterocycles. The van der Waals surface area contributed by atoms with Crippen LogP contribution in [0, 0.1) is 22.7 Å². The minimum Gasteiger partial charge on any atom is -0.481 e. The normalized spacial score (nSPS) is 25.0. The molecule has 5 N–H and O–H groups in total. The fourth-order valence-corrected chi connectivity index (χ4v) is 9.67. The first-order chi connectivity index (χ1) is 33.0. The number of aryl methyl sites for hydroxylation is 1. The number of aromatic carboxylic acids is 1. The van der Waals surface area contributed by atoms with E-state index in [0.717, 1.165) is 42.9 Å². The van der Waals surface area contributed by atoms with Gasteiger partial charge in [-0.05, 0) is 89.0 Å². The molecule has 2 saturated carbocycles. The molecule has 1 amide bonds. The molecule has 1 spiro atoms. The molecule has 3 fully saturated rings. The van der Waals surface area contributed by atoms with E-state index < -0.39 is 52.5 Å². The molecule has 7 unspecified atom stereocenters. The number of ketones is 1. The van der Waals surface area contributed by atoms with E-state index in [1.165, 1.54) is 19.9 Å². The Bertz CT molecular complexity index is 2080. The lowest BCUT2D eigenvalue weighted by atomic mass is 9.49. The number of aldehydes is 1. The number of carboxylic acid groups (broad SMARTS) is 3. The zero-order valence-corrected chi connectivity index (χ0v) is 42.7. The van der Waals surface area contributed by atoms with Gasteiger partial charge in [-0.15, -0.1) is 0 Å². The second-order valence-corrected chi connectivity index (χ2v) is 17.8. The zero-order valence-electron chi connectivity index (χ0n) is 42.7. The minimum atomic E-state index is -0.990. The van der Waals surface area contributed by atoms with Crippen molar-refractivity contribution in [1.82, 2.24) is 5.32 Å². The summed E-state index contributed by atoms with van der Waals surface area (Å²) in [5.74, 6) is -3.38. The molecule has 6 rings (SSSR count). The lowest BCUT2D eigenvalue weighted by Gasteiger charge is -2.55. The highest BCUT2D eigenvalue weighted by atomic mass is 16.6. The van der Waals surface area contributed by atoms with E-state index in [4.69, 9.17) is 44.2 Å². The number of epoxide rings is 1. The monoisotopic (exact) mass is 980 g/mol. The van der Waals surface area contributed by atoms with Crippen molar-refractivity contribution in [2.75, 3.05) is 27.4 Å².